The second-order valence-corrected chi connectivity index (χ2v) is 5.03. The monoisotopic (exact) mass is 285 g/mol. The SMILES string of the molecule is CCCNc1cc(N(C)Cc2cccnc2)nc(CC)n1. The molecule has 2 heterocycles. The van der Waals surface area contributed by atoms with Crippen molar-refractivity contribution in [2.24, 2.45) is 0 Å². The summed E-state index contributed by atoms with van der Waals surface area (Å²) < 4.78 is 0. The first-order chi connectivity index (χ1) is 10.2. The van der Waals surface area contributed by atoms with E-state index in [9.17, 15) is 0 Å². The summed E-state index contributed by atoms with van der Waals surface area (Å²) in [7, 11) is 2.04. The molecule has 1 N–H and O–H groups in total. The minimum atomic E-state index is 0.779. The maximum atomic E-state index is 4.61. The first-order valence-corrected chi connectivity index (χ1v) is 7.44. The summed E-state index contributed by atoms with van der Waals surface area (Å²) in [6, 6.07) is 6.03. The number of aryl methyl sites for hydroxylation is 1. The standard InChI is InChI=1S/C16H23N5/c1-4-8-18-15-10-16(20-14(5-2)19-15)21(3)12-13-7-6-9-17-11-13/h6-7,9-11H,4-5,8,12H2,1-3H3,(H,18,19,20). The van der Waals surface area contributed by atoms with Crippen LogP contribution in [0.5, 0.6) is 0 Å². The molecule has 0 aliphatic heterocycles. The summed E-state index contributed by atoms with van der Waals surface area (Å²) in [4.78, 5) is 15.4. The molecular weight excluding hydrogens is 262 g/mol. The van der Waals surface area contributed by atoms with Crippen LogP contribution in [-0.2, 0) is 13.0 Å². The third-order valence-electron chi connectivity index (χ3n) is 3.16. The second-order valence-electron chi connectivity index (χ2n) is 5.03. The summed E-state index contributed by atoms with van der Waals surface area (Å²) in [6.45, 7) is 5.92. The van der Waals surface area contributed by atoms with E-state index in [4.69, 9.17) is 0 Å². The van der Waals surface area contributed by atoms with Gasteiger partial charge in [0.05, 0.1) is 0 Å². The average molecular weight is 285 g/mol. The fraction of sp³-hybridized carbons (Fsp3) is 0.438. The molecule has 112 valence electrons. The van der Waals surface area contributed by atoms with Crippen LogP contribution in [0.3, 0.4) is 0 Å². The Morgan fingerprint density at radius 1 is 1.24 bits per heavy atom. The first-order valence-electron chi connectivity index (χ1n) is 7.44. The number of aromatic nitrogens is 3. The Labute approximate surface area is 126 Å². The molecule has 0 saturated carbocycles. The zero-order chi connectivity index (χ0) is 15.1. The molecule has 21 heavy (non-hydrogen) atoms. The Hall–Kier alpha value is -2.17. The number of hydrogen-bond donors (Lipinski definition) is 1. The van der Waals surface area contributed by atoms with Gasteiger partial charge in [0.2, 0.25) is 0 Å². The highest BCUT2D eigenvalue weighted by molar-refractivity contribution is 5.49. The Morgan fingerprint density at radius 2 is 2.10 bits per heavy atom. The molecule has 0 amide bonds. The van der Waals surface area contributed by atoms with Crippen LogP contribution in [0.15, 0.2) is 30.6 Å². The van der Waals surface area contributed by atoms with Crippen LogP contribution >= 0.6 is 0 Å². The first kappa shape index (κ1) is 15.2. The number of nitrogens with one attached hydrogen (secondary N) is 1. The Kier molecular flexibility index (Phi) is 5.49. The fourth-order valence-corrected chi connectivity index (χ4v) is 2.03. The molecule has 0 bridgehead atoms. The lowest BCUT2D eigenvalue weighted by molar-refractivity contribution is 0.852. The van der Waals surface area contributed by atoms with Crippen LogP contribution < -0.4 is 10.2 Å². The van der Waals surface area contributed by atoms with Gasteiger partial charge in [-0.05, 0) is 18.1 Å². The van der Waals surface area contributed by atoms with E-state index in [-0.39, 0.29) is 0 Å². The predicted molar refractivity (Wildman–Crippen MR) is 86.5 cm³/mol. The van der Waals surface area contributed by atoms with Crippen molar-refractivity contribution in [3.05, 3.63) is 42.0 Å². The predicted octanol–water partition coefficient (Wildman–Crippen LogP) is 2.89. The summed E-state index contributed by atoms with van der Waals surface area (Å²) in [6.07, 6.45) is 5.58. The molecule has 0 atom stereocenters. The van der Waals surface area contributed by atoms with Crippen LogP contribution in [-0.4, -0.2) is 28.5 Å². The summed E-state index contributed by atoms with van der Waals surface area (Å²) in [5.41, 5.74) is 1.17. The van der Waals surface area contributed by atoms with Crippen LogP contribution in [0.25, 0.3) is 0 Å². The highest BCUT2D eigenvalue weighted by Gasteiger charge is 2.08. The van der Waals surface area contributed by atoms with Crippen molar-refractivity contribution in [1.29, 1.82) is 0 Å². The van der Waals surface area contributed by atoms with E-state index in [0.717, 1.165) is 43.4 Å². The largest absolute Gasteiger partial charge is 0.370 e. The van der Waals surface area contributed by atoms with Crippen molar-refractivity contribution in [2.75, 3.05) is 23.8 Å². The van der Waals surface area contributed by atoms with E-state index in [0.29, 0.717) is 0 Å². The van der Waals surface area contributed by atoms with Crippen molar-refractivity contribution >= 4 is 11.6 Å². The summed E-state index contributed by atoms with van der Waals surface area (Å²) in [5.74, 6) is 2.70. The number of hydrogen-bond acceptors (Lipinski definition) is 5. The molecule has 5 nitrogen and oxygen atoms in total. The van der Waals surface area contributed by atoms with Gasteiger partial charge in [0.1, 0.15) is 17.5 Å². The Morgan fingerprint density at radius 3 is 2.76 bits per heavy atom. The third kappa shape index (κ3) is 4.41. The maximum Gasteiger partial charge on any atom is 0.134 e. The molecule has 0 spiro atoms. The molecule has 0 aliphatic rings. The molecular formula is C16H23N5. The number of nitrogens with zero attached hydrogens (tertiary/aromatic N) is 4. The van der Waals surface area contributed by atoms with Crippen molar-refractivity contribution in [2.45, 2.75) is 33.2 Å². The van der Waals surface area contributed by atoms with E-state index >= 15 is 0 Å². The van der Waals surface area contributed by atoms with Gasteiger partial charge < -0.3 is 10.2 Å². The van der Waals surface area contributed by atoms with Gasteiger partial charge in [0.15, 0.2) is 0 Å². The van der Waals surface area contributed by atoms with E-state index in [1.54, 1.807) is 6.20 Å². The van der Waals surface area contributed by atoms with Gasteiger partial charge in [-0.3, -0.25) is 4.98 Å². The van der Waals surface area contributed by atoms with E-state index in [2.05, 4.69) is 45.1 Å². The molecule has 0 aliphatic carbocycles. The second kappa shape index (κ2) is 7.57. The van der Waals surface area contributed by atoms with Crippen molar-refractivity contribution < 1.29 is 0 Å². The quantitative estimate of drug-likeness (QED) is 0.847. The lowest BCUT2D eigenvalue weighted by atomic mass is 10.2. The van der Waals surface area contributed by atoms with Crippen molar-refractivity contribution in [1.82, 2.24) is 15.0 Å². The van der Waals surface area contributed by atoms with Gasteiger partial charge >= 0.3 is 0 Å². The zero-order valence-corrected chi connectivity index (χ0v) is 13.0. The fourth-order valence-electron chi connectivity index (χ4n) is 2.03. The van der Waals surface area contributed by atoms with Gasteiger partial charge in [-0.25, -0.2) is 9.97 Å². The molecule has 0 radical (unpaired) electrons. The van der Waals surface area contributed by atoms with Crippen molar-refractivity contribution in [3.63, 3.8) is 0 Å². The van der Waals surface area contributed by atoms with Crippen LogP contribution in [0.1, 0.15) is 31.7 Å². The number of pyridine rings is 1. The highest BCUT2D eigenvalue weighted by atomic mass is 15.2. The molecule has 0 unspecified atom stereocenters. The van der Waals surface area contributed by atoms with Gasteiger partial charge in [0, 0.05) is 45.0 Å². The van der Waals surface area contributed by atoms with Gasteiger partial charge in [-0.1, -0.05) is 19.9 Å². The Bertz CT molecular complexity index is 556. The van der Waals surface area contributed by atoms with Crippen LogP contribution in [0, 0.1) is 0 Å². The van der Waals surface area contributed by atoms with E-state index < -0.39 is 0 Å². The lowest BCUT2D eigenvalue weighted by Crippen LogP contribution is -2.19. The number of rotatable bonds is 7. The zero-order valence-electron chi connectivity index (χ0n) is 13.0. The van der Waals surface area contributed by atoms with Gasteiger partial charge in [0.25, 0.3) is 0 Å². The lowest BCUT2D eigenvalue weighted by Gasteiger charge is -2.19. The minimum Gasteiger partial charge on any atom is -0.370 e. The third-order valence-corrected chi connectivity index (χ3v) is 3.16. The number of anilines is 2. The van der Waals surface area contributed by atoms with Crippen LogP contribution in [0.2, 0.25) is 0 Å². The average Bonchev–Trinajstić information content (AvgIpc) is 2.53. The minimum absolute atomic E-state index is 0.779. The summed E-state index contributed by atoms with van der Waals surface area (Å²) in [5, 5.41) is 3.34. The molecule has 0 fully saturated rings. The Balaban J connectivity index is 2.16. The van der Waals surface area contributed by atoms with Gasteiger partial charge in [-0.2, -0.15) is 0 Å². The van der Waals surface area contributed by atoms with Gasteiger partial charge in [-0.15, -0.1) is 0 Å². The van der Waals surface area contributed by atoms with Crippen LogP contribution in [0.4, 0.5) is 11.6 Å². The molecule has 2 aromatic heterocycles. The summed E-state index contributed by atoms with van der Waals surface area (Å²) >= 11 is 0. The maximum absolute atomic E-state index is 4.61. The molecule has 0 aromatic carbocycles. The smallest absolute Gasteiger partial charge is 0.134 e. The van der Waals surface area contributed by atoms with Crippen molar-refractivity contribution in [3.8, 4) is 0 Å². The molecule has 2 aromatic rings. The molecule has 0 saturated heterocycles. The molecule has 5 heteroatoms. The highest BCUT2D eigenvalue weighted by Crippen LogP contribution is 2.17. The normalized spacial score (nSPS) is 10.4. The van der Waals surface area contributed by atoms with E-state index in [1.165, 1.54) is 5.56 Å². The van der Waals surface area contributed by atoms with E-state index in [1.807, 2.05) is 25.4 Å². The molecule has 2 rings (SSSR count). The topological polar surface area (TPSA) is 53.9 Å².